The topological polar surface area (TPSA) is 72.2 Å². The van der Waals surface area contributed by atoms with Crippen LogP contribution in [-0.2, 0) is 11.2 Å². The molecule has 4 aromatic rings. The fourth-order valence-corrected chi connectivity index (χ4v) is 4.48. The van der Waals surface area contributed by atoms with Crippen molar-refractivity contribution in [3.8, 4) is 11.3 Å². The summed E-state index contributed by atoms with van der Waals surface area (Å²) in [5.41, 5.74) is 4.16. The third-order valence-electron chi connectivity index (χ3n) is 4.82. The number of imidazole rings is 1. The van der Waals surface area contributed by atoms with Crippen molar-refractivity contribution in [2.75, 3.05) is 11.6 Å². The molecule has 30 heavy (non-hydrogen) atoms. The number of carbonyl (C=O) groups is 1. The zero-order valence-corrected chi connectivity index (χ0v) is 18.4. The molecule has 1 amide bonds. The van der Waals surface area contributed by atoms with Crippen LogP contribution in [-0.4, -0.2) is 31.5 Å². The molecule has 0 fully saturated rings. The van der Waals surface area contributed by atoms with Gasteiger partial charge in [0.05, 0.1) is 0 Å². The van der Waals surface area contributed by atoms with Gasteiger partial charge in [-0.2, -0.15) is 0 Å². The number of nitrogens with zero attached hydrogens (tertiary/aromatic N) is 4. The van der Waals surface area contributed by atoms with Crippen molar-refractivity contribution in [1.82, 2.24) is 19.4 Å². The van der Waals surface area contributed by atoms with Crippen LogP contribution in [0.25, 0.3) is 16.2 Å². The van der Waals surface area contributed by atoms with E-state index in [-0.39, 0.29) is 11.7 Å². The normalized spacial score (nSPS) is 11.2. The number of hydrogen-bond acceptors (Lipinski definition) is 6. The van der Waals surface area contributed by atoms with Crippen molar-refractivity contribution in [2.24, 2.45) is 0 Å². The number of anilines is 1. The van der Waals surface area contributed by atoms with E-state index in [1.165, 1.54) is 35.2 Å². The van der Waals surface area contributed by atoms with E-state index in [1.807, 2.05) is 36.1 Å². The monoisotopic (exact) mass is 441 g/mol. The second-order valence-electron chi connectivity index (χ2n) is 6.78. The van der Waals surface area contributed by atoms with Crippen LogP contribution in [0.2, 0.25) is 0 Å². The molecule has 0 saturated carbocycles. The molecule has 1 aromatic carbocycles. The maximum Gasteiger partial charge on any atom is 0.225 e. The highest BCUT2D eigenvalue weighted by molar-refractivity contribution is 7.98. The van der Waals surface area contributed by atoms with Crippen LogP contribution in [0, 0.1) is 19.7 Å². The first-order chi connectivity index (χ1) is 14.5. The molecule has 0 spiro atoms. The number of aromatic nitrogens is 4. The highest BCUT2D eigenvalue weighted by Crippen LogP contribution is 2.31. The van der Waals surface area contributed by atoms with E-state index >= 15 is 0 Å². The number of benzene rings is 1. The number of nitrogens with one attached hydrogen (secondary N) is 1. The maximum atomic E-state index is 13.3. The highest BCUT2D eigenvalue weighted by Gasteiger charge is 2.18. The van der Waals surface area contributed by atoms with E-state index in [9.17, 15) is 9.18 Å². The molecule has 0 unspecified atom stereocenters. The Kier molecular flexibility index (Phi) is 5.83. The first-order valence-electron chi connectivity index (χ1n) is 9.35. The number of aryl methyl sites for hydroxylation is 2. The van der Waals surface area contributed by atoms with Crippen molar-refractivity contribution < 1.29 is 9.18 Å². The quantitative estimate of drug-likeness (QED) is 0.340. The number of hydrogen-bond donors (Lipinski definition) is 1. The Balaban J connectivity index is 1.56. The zero-order chi connectivity index (χ0) is 21.3. The number of thiazole rings is 1. The molecular weight excluding hydrogens is 421 g/mol. The number of thioether (sulfide) groups is 1. The Morgan fingerprint density at radius 3 is 2.53 bits per heavy atom. The van der Waals surface area contributed by atoms with Crippen LogP contribution in [0.1, 0.15) is 23.4 Å². The fraction of sp³-hybridized carbons (Fsp3) is 0.238. The smallest absolute Gasteiger partial charge is 0.225 e. The van der Waals surface area contributed by atoms with Crippen LogP contribution in [0.4, 0.5) is 10.2 Å². The summed E-state index contributed by atoms with van der Waals surface area (Å²) in [6, 6.07) is 6.10. The zero-order valence-electron chi connectivity index (χ0n) is 16.8. The molecule has 0 aliphatic rings. The largest absolute Gasteiger partial charge is 0.310 e. The van der Waals surface area contributed by atoms with Gasteiger partial charge in [-0.25, -0.2) is 19.3 Å². The first-order valence-corrected chi connectivity index (χ1v) is 11.5. The molecule has 0 radical (unpaired) electrons. The molecule has 6 nitrogen and oxygen atoms in total. The van der Waals surface area contributed by atoms with Crippen LogP contribution < -0.4 is 5.32 Å². The minimum atomic E-state index is -0.314. The van der Waals surface area contributed by atoms with Crippen molar-refractivity contribution in [2.45, 2.75) is 31.8 Å². The van der Waals surface area contributed by atoms with Gasteiger partial charge >= 0.3 is 0 Å². The van der Waals surface area contributed by atoms with Gasteiger partial charge in [-0.3, -0.25) is 9.20 Å². The van der Waals surface area contributed by atoms with Crippen molar-refractivity contribution in [1.29, 1.82) is 0 Å². The summed E-state index contributed by atoms with van der Waals surface area (Å²) in [6.07, 6.45) is 4.65. The van der Waals surface area contributed by atoms with E-state index in [0.29, 0.717) is 24.4 Å². The molecule has 0 aliphatic heterocycles. The lowest BCUT2D eigenvalue weighted by molar-refractivity contribution is -0.116. The highest BCUT2D eigenvalue weighted by atomic mass is 32.2. The predicted octanol–water partition coefficient (Wildman–Crippen LogP) is 4.90. The SMILES string of the molecule is CSc1nc(C)c(CCC(=O)Nc2c(-c3ccc(F)cc3)nc3sccn23)c(C)n1. The average Bonchev–Trinajstić information content (AvgIpc) is 3.30. The van der Waals surface area contributed by atoms with Gasteiger partial charge in [0.2, 0.25) is 5.91 Å². The van der Waals surface area contributed by atoms with Crippen molar-refractivity contribution in [3.63, 3.8) is 0 Å². The molecule has 4 rings (SSSR count). The molecule has 0 saturated heterocycles. The number of rotatable bonds is 6. The molecule has 3 heterocycles. The average molecular weight is 442 g/mol. The van der Waals surface area contributed by atoms with Crippen LogP contribution in [0.3, 0.4) is 0 Å². The molecule has 3 aromatic heterocycles. The molecule has 154 valence electrons. The third kappa shape index (κ3) is 4.08. The summed E-state index contributed by atoms with van der Waals surface area (Å²) in [7, 11) is 0. The van der Waals surface area contributed by atoms with E-state index in [1.54, 1.807) is 12.1 Å². The first kappa shape index (κ1) is 20.5. The van der Waals surface area contributed by atoms with Gasteiger partial charge in [0.1, 0.15) is 17.3 Å². The number of amides is 1. The Bertz CT molecular complexity index is 1190. The molecule has 0 aliphatic carbocycles. The van der Waals surface area contributed by atoms with Gasteiger partial charge < -0.3 is 5.32 Å². The summed E-state index contributed by atoms with van der Waals surface area (Å²) < 4.78 is 15.2. The van der Waals surface area contributed by atoms with Gasteiger partial charge in [0.15, 0.2) is 10.1 Å². The van der Waals surface area contributed by atoms with Crippen molar-refractivity contribution in [3.05, 3.63) is 58.6 Å². The van der Waals surface area contributed by atoms with Gasteiger partial charge in [0.25, 0.3) is 0 Å². The molecule has 0 atom stereocenters. The second-order valence-corrected chi connectivity index (χ2v) is 8.43. The van der Waals surface area contributed by atoms with Crippen LogP contribution in [0.5, 0.6) is 0 Å². The van der Waals surface area contributed by atoms with Gasteiger partial charge in [-0.05, 0) is 56.4 Å². The fourth-order valence-electron chi connectivity index (χ4n) is 3.31. The van der Waals surface area contributed by atoms with E-state index < -0.39 is 0 Å². The Morgan fingerprint density at radius 1 is 1.17 bits per heavy atom. The lowest BCUT2D eigenvalue weighted by atomic mass is 10.1. The molecular formula is C21H20FN5OS2. The van der Waals surface area contributed by atoms with Gasteiger partial charge in [-0.15, -0.1) is 11.3 Å². The van der Waals surface area contributed by atoms with Gasteiger partial charge in [-0.1, -0.05) is 11.8 Å². The van der Waals surface area contributed by atoms with Crippen LogP contribution in [0.15, 0.2) is 41.0 Å². The standard InChI is InChI=1S/C21H20FN5OS2/c1-12-16(13(2)24-20(23-12)29-3)8-9-17(28)25-19-18(14-4-6-15(22)7-5-14)26-21-27(19)10-11-30-21/h4-7,10-11H,8-9H2,1-3H3,(H,25,28). The summed E-state index contributed by atoms with van der Waals surface area (Å²) in [6.45, 7) is 3.89. The number of carbonyl (C=O) groups excluding carboxylic acids is 1. The molecule has 0 bridgehead atoms. The summed E-state index contributed by atoms with van der Waals surface area (Å²) in [4.78, 5) is 27.1. The number of fused-ring (bicyclic) bond motifs is 1. The second kappa shape index (κ2) is 8.53. The van der Waals surface area contributed by atoms with Gasteiger partial charge in [0, 0.05) is 34.9 Å². The summed E-state index contributed by atoms with van der Waals surface area (Å²) in [5.74, 6) is 0.148. The summed E-state index contributed by atoms with van der Waals surface area (Å²) in [5, 5.41) is 5.64. The third-order valence-corrected chi connectivity index (χ3v) is 6.13. The Hall–Kier alpha value is -2.78. The van der Waals surface area contributed by atoms with E-state index in [0.717, 1.165) is 32.6 Å². The predicted molar refractivity (Wildman–Crippen MR) is 119 cm³/mol. The van der Waals surface area contributed by atoms with E-state index in [2.05, 4.69) is 20.3 Å². The van der Waals surface area contributed by atoms with E-state index in [4.69, 9.17) is 0 Å². The summed E-state index contributed by atoms with van der Waals surface area (Å²) >= 11 is 2.97. The minimum absolute atomic E-state index is 0.126. The Morgan fingerprint density at radius 2 is 1.87 bits per heavy atom. The Labute approximate surface area is 181 Å². The van der Waals surface area contributed by atoms with Crippen LogP contribution >= 0.6 is 23.1 Å². The minimum Gasteiger partial charge on any atom is -0.310 e. The lowest BCUT2D eigenvalue weighted by Crippen LogP contribution is -2.15. The maximum absolute atomic E-state index is 13.3. The van der Waals surface area contributed by atoms with Crippen molar-refractivity contribution >= 4 is 39.8 Å². The lowest BCUT2D eigenvalue weighted by Gasteiger charge is -2.11. The molecule has 9 heteroatoms. The molecule has 1 N–H and O–H groups in total. The number of halogens is 1.